The fourth-order valence-corrected chi connectivity index (χ4v) is 2.66. The summed E-state index contributed by atoms with van der Waals surface area (Å²) < 4.78 is 0. The molecule has 0 spiro atoms. The highest BCUT2D eigenvalue weighted by Crippen LogP contribution is 2.26. The summed E-state index contributed by atoms with van der Waals surface area (Å²) in [6, 6.07) is 7.80. The monoisotopic (exact) mass is 290 g/mol. The molecular formula is C14H15ClN4O. The third-order valence-electron chi connectivity index (χ3n) is 3.51. The number of carbonyl (C=O) groups is 1. The Morgan fingerprint density at radius 1 is 1.20 bits per heavy atom. The smallest absolute Gasteiger partial charge is 0.257 e. The summed E-state index contributed by atoms with van der Waals surface area (Å²) in [7, 11) is 0. The van der Waals surface area contributed by atoms with Crippen molar-refractivity contribution in [2.45, 2.75) is 0 Å². The average molecular weight is 291 g/mol. The normalized spacial score (nSPS) is 15.4. The lowest BCUT2D eigenvalue weighted by molar-refractivity contribution is 0.0747. The maximum absolute atomic E-state index is 12.2. The quantitative estimate of drug-likeness (QED) is 0.921. The Bertz CT molecular complexity index is 591. The first-order valence-corrected chi connectivity index (χ1v) is 6.91. The summed E-state index contributed by atoms with van der Waals surface area (Å²) in [6.07, 6.45) is 3.19. The van der Waals surface area contributed by atoms with Crippen molar-refractivity contribution in [3.05, 3.63) is 47.2 Å². The summed E-state index contributed by atoms with van der Waals surface area (Å²) in [5, 5.41) is 7.23. The number of benzene rings is 1. The van der Waals surface area contributed by atoms with Crippen LogP contribution in [0.15, 0.2) is 36.7 Å². The molecule has 0 saturated carbocycles. The first kappa shape index (κ1) is 13.0. The zero-order valence-corrected chi connectivity index (χ0v) is 11.7. The minimum Gasteiger partial charge on any atom is -0.367 e. The molecule has 1 aliphatic rings. The number of aromatic amines is 1. The molecule has 1 saturated heterocycles. The number of nitrogens with zero attached hydrogens (tertiary/aromatic N) is 3. The largest absolute Gasteiger partial charge is 0.367 e. The Balaban J connectivity index is 1.65. The van der Waals surface area contributed by atoms with Gasteiger partial charge in [-0.3, -0.25) is 9.89 Å². The standard InChI is InChI=1S/C14H15ClN4O/c15-12-3-1-2-4-13(12)18-5-7-19(8-6-18)14(20)11-9-16-17-10-11/h1-4,9-10H,5-8H2,(H,16,17). The fourth-order valence-electron chi connectivity index (χ4n) is 2.41. The Labute approximate surface area is 122 Å². The number of carbonyl (C=O) groups excluding carboxylic acids is 1. The van der Waals surface area contributed by atoms with Crippen molar-refractivity contribution in [3.63, 3.8) is 0 Å². The van der Waals surface area contributed by atoms with E-state index in [1.54, 1.807) is 12.4 Å². The second-order valence-electron chi connectivity index (χ2n) is 4.72. The van der Waals surface area contributed by atoms with E-state index in [-0.39, 0.29) is 5.91 Å². The summed E-state index contributed by atoms with van der Waals surface area (Å²) in [5.41, 5.74) is 1.64. The van der Waals surface area contributed by atoms with Gasteiger partial charge in [0.1, 0.15) is 0 Å². The molecule has 0 unspecified atom stereocenters. The lowest BCUT2D eigenvalue weighted by Crippen LogP contribution is -2.48. The minimum absolute atomic E-state index is 0.0255. The Hall–Kier alpha value is -2.01. The first-order chi connectivity index (χ1) is 9.75. The summed E-state index contributed by atoms with van der Waals surface area (Å²) in [4.78, 5) is 16.2. The number of halogens is 1. The number of hydrogen-bond donors (Lipinski definition) is 1. The van der Waals surface area contributed by atoms with E-state index in [0.717, 1.165) is 23.8 Å². The van der Waals surface area contributed by atoms with Crippen LogP contribution in [-0.4, -0.2) is 47.2 Å². The molecule has 0 atom stereocenters. The number of aromatic nitrogens is 2. The predicted molar refractivity (Wildman–Crippen MR) is 78.2 cm³/mol. The lowest BCUT2D eigenvalue weighted by atomic mass is 10.2. The molecule has 1 aromatic heterocycles. The molecule has 1 aliphatic heterocycles. The van der Waals surface area contributed by atoms with Gasteiger partial charge in [-0.2, -0.15) is 5.10 Å². The lowest BCUT2D eigenvalue weighted by Gasteiger charge is -2.36. The fraction of sp³-hybridized carbons (Fsp3) is 0.286. The number of nitrogens with one attached hydrogen (secondary N) is 1. The van der Waals surface area contributed by atoms with Gasteiger partial charge in [0.05, 0.1) is 22.5 Å². The molecule has 1 N–H and O–H groups in total. The molecule has 2 aromatic rings. The maximum Gasteiger partial charge on any atom is 0.257 e. The third kappa shape index (κ3) is 2.49. The number of para-hydroxylation sites is 1. The average Bonchev–Trinajstić information content (AvgIpc) is 3.01. The molecule has 0 radical (unpaired) electrons. The van der Waals surface area contributed by atoms with Crippen molar-refractivity contribution >= 4 is 23.2 Å². The van der Waals surface area contributed by atoms with Gasteiger partial charge in [-0.1, -0.05) is 23.7 Å². The van der Waals surface area contributed by atoms with E-state index in [2.05, 4.69) is 15.1 Å². The molecule has 1 amide bonds. The van der Waals surface area contributed by atoms with Crippen LogP contribution in [0, 0.1) is 0 Å². The second-order valence-corrected chi connectivity index (χ2v) is 5.12. The van der Waals surface area contributed by atoms with Crippen LogP contribution in [0.5, 0.6) is 0 Å². The van der Waals surface area contributed by atoms with E-state index >= 15 is 0 Å². The van der Waals surface area contributed by atoms with Gasteiger partial charge in [0.2, 0.25) is 0 Å². The van der Waals surface area contributed by atoms with Gasteiger partial charge in [0.25, 0.3) is 5.91 Å². The zero-order chi connectivity index (χ0) is 13.9. The van der Waals surface area contributed by atoms with Crippen molar-refractivity contribution in [3.8, 4) is 0 Å². The van der Waals surface area contributed by atoms with Crippen LogP contribution in [0.1, 0.15) is 10.4 Å². The number of hydrogen-bond acceptors (Lipinski definition) is 3. The summed E-state index contributed by atoms with van der Waals surface area (Å²) in [5.74, 6) is 0.0255. The number of amides is 1. The molecule has 20 heavy (non-hydrogen) atoms. The molecule has 1 fully saturated rings. The minimum atomic E-state index is 0.0255. The molecule has 0 bridgehead atoms. The molecule has 0 aliphatic carbocycles. The van der Waals surface area contributed by atoms with Crippen molar-refractivity contribution in [1.29, 1.82) is 0 Å². The van der Waals surface area contributed by atoms with E-state index in [1.807, 2.05) is 29.2 Å². The van der Waals surface area contributed by atoms with Gasteiger partial charge >= 0.3 is 0 Å². The highest BCUT2D eigenvalue weighted by Gasteiger charge is 2.23. The summed E-state index contributed by atoms with van der Waals surface area (Å²) in [6.45, 7) is 2.95. The summed E-state index contributed by atoms with van der Waals surface area (Å²) >= 11 is 6.20. The van der Waals surface area contributed by atoms with Gasteiger partial charge in [-0.05, 0) is 12.1 Å². The van der Waals surface area contributed by atoms with E-state index in [9.17, 15) is 4.79 Å². The van der Waals surface area contributed by atoms with Gasteiger partial charge in [-0.15, -0.1) is 0 Å². The van der Waals surface area contributed by atoms with E-state index in [4.69, 9.17) is 11.6 Å². The number of piperazine rings is 1. The molecular weight excluding hydrogens is 276 g/mol. The van der Waals surface area contributed by atoms with Gasteiger partial charge in [0.15, 0.2) is 0 Å². The third-order valence-corrected chi connectivity index (χ3v) is 3.82. The van der Waals surface area contributed by atoms with Gasteiger partial charge in [0, 0.05) is 32.4 Å². The van der Waals surface area contributed by atoms with Crippen LogP contribution >= 0.6 is 11.6 Å². The van der Waals surface area contributed by atoms with Crippen molar-refractivity contribution < 1.29 is 4.79 Å². The Morgan fingerprint density at radius 2 is 1.95 bits per heavy atom. The van der Waals surface area contributed by atoms with Crippen molar-refractivity contribution in [2.75, 3.05) is 31.1 Å². The molecule has 2 heterocycles. The molecule has 3 rings (SSSR count). The SMILES string of the molecule is O=C(c1cn[nH]c1)N1CCN(c2ccccc2Cl)CC1. The topological polar surface area (TPSA) is 52.2 Å². The van der Waals surface area contributed by atoms with Crippen LogP contribution in [-0.2, 0) is 0 Å². The van der Waals surface area contributed by atoms with Crippen LogP contribution < -0.4 is 4.90 Å². The van der Waals surface area contributed by atoms with Crippen LogP contribution in [0.3, 0.4) is 0 Å². The van der Waals surface area contributed by atoms with Crippen molar-refractivity contribution in [1.82, 2.24) is 15.1 Å². The van der Waals surface area contributed by atoms with Crippen LogP contribution in [0.2, 0.25) is 5.02 Å². The van der Waals surface area contributed by atoms with E-state index < -0.39 is 0 Å². The number of anilines is 1. The zero-order valence-electron chi connectivity index (χ0n) is 10.9. The molecule has 104 valence electrons. The molecule has 1 aromatic carbocycles. The predicted octanol–water partition coefficient (Wildman–Crippen LogP) is 2.03. The first-order valence-electron chi connectivity index (χ1n) is 6.53. The van der Waals surface area contributed by atoms with Crippen LogP contribution in [0.25, 0.3) is 0 Å². The Kier molecular flexibility index (Phi) is 3.60. The van der Waals surface area contributed by atoms with E-state index in [1.165, 1.54) is 0 Å². The second kappa shape index (κ2) is 5.54. The van der Waals surface area contributed by atoms with Gasteiger partial charge < -0.3 is 9.80 Å². The Morgan fingerprint density at radius 3 is 2.60 bits per heavy atom. The highest BCUT2D eigenvalue weighted by molar-refractivity contribution is 6.33. The number of rotatable bonds is 2. The highest BCUT2D eigenvalue weighted by atomic mass is 35.5. The molecule has 6 heteroatoms. The number of H-pyrrole nitrogens is 1. The van der Waals surface area contributed by atoms with E-state index in [0.29, 0.717) is 18.7 Å². The van der Waals surface area contributed by atoms with Gasteiger partial charge in [-0.25, -0.2) is 0 Å². The van der Waals surface area contributed by atoms with Crippen LogP contribution in [0.4, 0.5) is 5.69 Å². The molecule has 5 nitrogen and oxygen atoms in total. The van der Waals surface area contributed by atoms with Crippen molar-refractivity contribution in [2.24, 2.45) is 0 Å². The maximum atomic E-state index is 12.2.